The first kappa shape index (κ1) is 25.6. The van der Waals surface area contributed by atoms with Crippen molar-refractivity contribution in [3.8, 4) is 11.4 Å². The lowest BCUT2D eigenvalue weighted by molar-refractivity contribution is -0.384. The number of nitrogens with one attached hydrogen (secondary N) is 1. The maximum absolute atomic E-state index is 13.0. The van der Waals surface area contributed by atoms with Gasteiger partial charge in [-0.1, -0.05) is 32.6 Å². The van der Waals surface area contributed by atoms with Crippen molar-refractivity contribution < 1.29 is 14.5 Å². The first-order valence-electron chi connectivity index (χ1n) is 13.5. The van der Waals surface area contributed by atoms with Gasteiger partial charge in [0, 0.05) is 34.2 Å². The average Bonchev–Trinajstić information content (AvgIpc) is 3.28. The molecule has 4 aromatic rings. The second-order valence-electron chi connectivity index (χ2n) is 10.2. The molecule has 7 nitrogen and oxygen atoms in total. The number of hydrogen-bond acceptors (Lipinski definition) is 5. The van der Waals surface area contributed by atoms with E-state index in [1.165, 1.54) is 44.2 Å². The fraction of sp³-hybridized carbons (Fsp3) is 0.355. The van der Waals surface area contributed by atoms with Crippen molar-refractivity contribution in [1.82, 2.24) is 4.57 Å². The van der Waals surface area contributed by atoms with Crippen LogP contribution in [0.1, 0.15) is 68.6 Å². The monoisotopic (exact) mass is 511 g/mol. The number of nitro groups is 1. The molecule has 0 radical (unpaired) electrons. The second-order valence-corrected chi connectivity index (χ2v) is 10.2. The Labute approximate surface area is 222 Å². The molecular weight excluding hydrogens is 478 g/mol. The molecule has 1 aromatic heterocycles. The van der Waals surface area contributed by atoms with E-state index in [1.807, 2.05) is 37.3 Å². The molecule has 0 bridgehead atoms. The van der Waals surface area contributed by atoms with Crippen LogP contribution in [0.2, 0.25) is 0 Å². The average molecular weight is 512 g/mol. The lowest BCUT2D eigenvalue weighted by atomic mass is 9.90. The van der Waals surface area contributed by atoms with Crippen molar-refractivity contribution in [2.45, 2.75) is 58.3 Å². The highest BCUT2D eigenvalue weighted by atomic mass is 16.6. The van der Waals surface area contributed by atoms with E-state index >= 15 is 0 Å². The van der Waals surface area contributed by atoms with Crippen LogP contribution in [-0.2, 0) is 0 Å². The number of aromatic nitrogens is 1. The van der Waals surface area contributed by atoms with Gasteiger partial charge in [-0.15, -0.1) is 0 Å². The minimum absolute atomic E-state index is 0.0337. The molecule has 1 aliphatic rings. The Balaban J connectivity index is 1.58. The van der Waals surface area contributed by atoms with Gasteiger partial charge in [0.15, 0.2) is 0 Å². The van der Waals surface area contributed by atoms with Crippen LogP contribution in [0.4, 0.5) is 5.69 Å². The highest BCUT2D eigenvalue weighted by molar-refractivity contribution is 6.45. The number of non-ortho nitro benzene ring substituents is 1. The highest BCUT2D eigenvalue weighted by Crippen LogP contribution is 2.36. The summed E-state index contributed by atoms with van der Waals surface area (Å²) in [5, 5.41) is 21.3. The van der Waals surface area contributed by atoms with E-state index in [2.05, 4.69) is 4.57 Å². The van der Waals surface area contributed by atoms with Gasteiger partial charge < -0.3 is 14.7 Å². The fourth-order valence-corrected chi connectivity index (χ4v) is 5.44. The smallest absolute Gasteiger partial charge is 0.269 e. The van der Waals surface area contributed by atoms with E-state index in [1.54, 1.807) is 18.2 Å². The Morgan fingerprint density at radius 3 is 2.37 bits per heavy atom. The molecule has 7 heteroatoms. The summed E-state index contributed by atoms with van der Waals surface area (Å²) in [4.78, 5) is 23.8. The number of carbonyl (C=O) groups is 1. The van der Waals surface area contributed by atoms with Crippen LogP contribution in [0.15, 0.2) is 60.7 Å². The summed E-state index contributed by atoms with van der Waals surface area (Å²) >= 11 is 0. The molecule has 38 heavy (non-hydrogen) atoms. The summed E-state index contributed by atoms with van der Waals surface area (Å²) in [6.45, 7) is 2.75. The lowest BCUT2D eigenvalue weighted by Gasteiger charge is -2.21. The predicted molar refractivity (Wildman–Crippen MR) is 151 cm³/mol. The highest BCUT2D eigenvalue weighted by Gasteiger charge is 2.19. The maximum atomic E-state index is 13.0. The molecule has 1 saturated carbocycles. The molecule has 1 N–H and O–H groups in total. The van der Waals surface area contributed by atoms with Gasteiger partial charge in [0.05, 0.1) is 28.3 Å². The summed E-state index contributed by atoms with van der Waals surface area (Å²) in [5.74, 6) is 1.12. The topological polar surface area (TPSA) is 98.2 Å². The van der Waals surface area contributed by atoms with E-state index in [4.69, 9.17) is 10.1 Å². The van der Waals surface area contributed by atoms with Gasteiger partial charge in [0.2, 0.25) is 5.78 Å². The summed E-state index contributed by atoms with van der Waals surface area (Å²) in [6.07, 6.45) is 8.46. The molecule has 0 amide bonds. The minimum atomic E-state index is -0.406. The molecule has 1 heterocycles. The SMILES string of the molecule is CCCCC(=N)C(=O)c1ccc2c(c1)c1cc(OCC3CCCCC3)ccc1n2-c1ccc([N+](=O)[O-])cc1. The van der Waals surface area contributed by atoms with E-state index in [0.29, 0.717) is 24.5 Å². The van der Waals surface area contributed by atoms with Gasteiger partial charge in [0.1, 0.15) is 5.75 Å². The number of ketones is 1. The molecule has 0 aliphatic heterocycles. The van der Waals surface area contributed by atoms with Crippen molar-refractivity contribution in [3.05, 3.63) is 76.3 Å². The molecule has 0 spiro atoms. The second kappa shape index (κ2) is 11.2. The Kier molecular flexibility index (Phi) is 7.54. The minimum Gasteiger partial charge on any atom is -0.493 e. The first-order chi connectivity index (χ1) is 18.5. The first-order valence-corrected chi connectivity index (χ1v) is 13.5. The quantitative estimate of drug-likeness (QED) is 0.101. The van der Waals surface area contributed by atoms with Crippen molar-refractivity contribution in [2.24, 2.45) is 5.92 Å². The Bertz CT molecular complexity index is 1500. The zero-order valence-corrected chi connectivity index (χ0v) is 21.7. The zero-order chi connectivity index (χ0) is 26.6. The number of nitrogens with zero attached hydrogens (tertiary/aromatic N) is 2. The van der Waals surface area contributed by atoms with Crippen molar-refractivity contribution >= 4 is 39.0 Å². The molecule has 1 fully saturated rings. The normalized spacial score (nSPS) is 14.1. The summed E-state index contributed by atoms with van der Waals surface area (Å²) < 4.78 is 8.29. The Hall–Kier alpha value is -4.00. The molecule has 0 atom stereocenters. The zero-order valence-electron chi connectivity index (χ0n) is 21.7. The predicted octanol–water partition coefficient (Wildman–Crippen LogP) is 8.04. The number of ether oxygens (including phenoxy) is 1. The van der Waals surface area contributed by atoms with Crippen LogP contribution in [0.25, 0.3) is 27.5 Å². The number of carbonyl (C=O) groups excluding carboxylic acids is 1. The molecule has 0 unspecified atom stereocenters. The number of unbranched alkanes of at least 4 members (excludes halogenated alkanes) is 1. The van der Waals surface area contributed by atoms with Gasteiger partial charge in [-0.3, -0.25) is 14.9 Å². The van der Waals surface area contributed by atoms with Crippen LogP contribution in [0, 0.1) is 21.4 Å². The van der Waals surface area contributed by atoms with E-state index in [-0.39, 0.29) is 17.2 Å². The fourth-order valence-electron chi connectivity index (χ4n) is 5.44. The molecule has 5 rings (SSSR count). The number of Topliss-reactive ketones (excluding diaryl/α,β-unsaturated/α-hetero) is 1. The van der Waals surface area contributed by atoms with Gasteiger partial charge >= 0.3 is 0 Å². The van der Waals surface area contributed by atoms with Crippen molar-refractivity contribution in [2.75, 3.05) is 6.61 Å². The number of rotatable bonds is 10. The third-order valence-corrected chi connectivity index (χ3v) is 7.58. The third-order valence-electron chi connectivity index (χ3n) is 7.58. The van der Waals surface area contributed by atoms with Crippen molar-refractivity contribution in [3.63, 3.8) is 0 Å². The Morgan fingerprint density at radius 1 is 1.00 bits per heavy atom. The molecule has 3 aromatic carbocycles. The number of fused-ring (bicyclic) bond motifs is 3. The molecule has 1 aliphatic carbocycles. The summed E-state index contributed by atoms with van der Waals surface area (Å²) in [6, 6.07) is 18.0. The van der Waals surface area contributed by atoms with Crippen LogP contribution >= 0.6 is 0 Å². The number of nitro benzene ring substituents is 1. The van der Waals surface area contributed by atoms with Crippen LogP contribution in [-0.4, -0.2) is 27.6 Å². The summed E-state index contributed by atoms with van der Waals surface area (Å²) in [5.41, 5.74) is 3.25. The lowest BCUT2D eigenvalue weighted by Crippen LogP contribution is -2.15. The largest absolute Gasteiger partial charge is 0.493 e. The van der Waals surface area contributed by atoms with Gasteiger partial charge in [0.25, 0.3) is 5.69 Å². The van der Waals surface area contributed by atoms with Gasteiger partial charge in [-0.25, -0.2) is 0 Å². The van der Waals surface area contributed by atoms with Crippen LogP contribution in [0.3, 0.4) is 0 Å². The van der Waals surface area contributed by atoms with Crippen molar-refractivity contribution in [1.29, 1.82) is 5.41 Å². The van der Waals surface area contributed by atoms with E-state index in [9.17, 15) is 14.9 Å². The number of hydrogen-bond donors (Lipinski definition) is 1. The number of benzene rings is 3. The Morgan fingerprint density at radius 2 is 1.68 bits per heavy atom. The van der Waals surface area contributed by atoms with Crippen LogP contribution in [0.5, 0.6) is 5.75 Å². The van der Waals surface area contributed by atoms with Crippen LogP contribution < -0.4 is 4.74 Å². The van der Waals surface area contributed by atoms with Gasteiger partial charge in [-0.2, -0.15) is 0 Å². The third kappa shape index (κ3) is 5.19. The van der Waals surface area contributed by atoms with E-state index < -0.39 is 4.92 Å². The molecule has 196 valence electrons. The molecule has 0 saturated heterocycles. The van der Waals surface area contributed by atoms with E-state index in [0.717, 1.165) is 46.1 Å². The summed E-state index contributed by atoms with van der Waals surface area (Å²) in [7, 11) is 0. The maximum Gasteiger partial charge on any atom is 0.269 e. The molecular formula is C31H33N3O4. The standard InChI is InChI=1S/C31H33N3O4/c1-2-3-9-28(32)31(35)22-10-16-29-26(18-22)27-19-25(38-20-21-7-5-4-6-8-21)15-17-30(27)33(29)23-11-13-24(14-12-23)34(36)37/h10-19,21,32H,2-9,20H2,1H3. The van der Waals surface area contributed by atoms with Gasteiger partial charge in [-0.05, 0) is 80.1 Å².